The molecule has 194 valence electrons. The monoisotopic (exact) mass is 532 g/mol. The van der Waals surface area contributed by atoms with E-state index in [0.717, 1.165) is 33.5 Å². The fourth-order valence-corrected chi connectivity index (χ4v) is 7.07. The number of amides is 2. The maximum atomic E-state index is 14.0. The van der Waals surface area contributed by atoms with Crippen LogP contribution in [0, 0.1) is 12.0 Å². The molecule has 1 aromatic heterocycles. The van der Waals surface area contributed by atoms with Crippen molar-refractivity contribution < 1.29 is 9.59 Å². The van der Waals surface area contributed by atoms with Gasteiger partial charge < -0.3 is 10.2 Å². The van der Waals surface area contributed by atoms with E-state index in [0.29, 0.717) is 23.5 Å². The number of thiazole rings is 1. The third kappa shape index (κ3) is 3.86. The second kappa shape index (κ2) is 9.18. The van der Waals surface area contributed by atoms with Crippen LogP contribution in [-0.4, -0.2) is 35.8 Å². The Labute approximate surface area is 232 Å². The summed E-state index contributed by atoms with van der Waals surface area (Å²) in [5, 5.41) is 5.60. The van der Waals surface area contributed by atoms with Crippen LogP contribution in [0.2, 0.25) is 0 Å². The van der Waals surface area contributed by atoms with Crippen molar-refractivity contribution in [2.24, 2.45) is 5.41 Å². The summed E-state index contributed by atoms with van der Waals surface area (Å²) in [4.78, 5) is 36.6. The van der Waals surface area contributed by atoms with Gasteiger partial charge in [0.1, 0.15) is 0 Å². The minimum absolute atomic E-state index is 0.0321. The molecule has 0 radical (unpaired) electrons. The number of hydrogen-bond acceptors (Lipinski definition) is 4. The van der Waals surface area contributed by atoms with Gasteiger partial charge in [-0.2, -0.15) is 0 Å². The Morgan fingerprint density at radius 1 is 1.03 bits per heavy atom. The van der Waals surface area contributed by atoms with Crippen molar-refractivity contribution >= 4 is 28.3 Å². The lowest BCUT2D eigenvalue weighted by molar-refractivity contribution is -0.127. The third-order valence-electron chi connectivity index (χ3n) is 8.17. The molecule has 0 saturated carbocycles. The molecule has 1 atom stereocenters. The molecule has 39 heavy (non-hydrogen) atoms. The zero-order valence-corrected chi connectivity index (χ0v) is 22.9. The van der Waals surface area contributed by atoms with Gasteiger partial charge in [0.25, 0.3) is 11.4 Å². The van der Waals surface area contributed by atoms with Gasteiger partial charge in [0.15, 0.2) is 5.13 Å². The first-order valence-electron chi connectivity index (χ1n) is 12.9. The van der Waals surface area contributed by atoms with Crippen LogP contribution in [0.5, 0.6) is 0 Å². The largest absolute Gasteiger partial charge is 0.345 e. The summed E-state index contributed by atoms with van der Waals surface area (Å²) < 4.78 is 0. The SMILES string of the molecule is [C-]#[N+]C12CC(C)(C(=O)Nc3nc(Cc4ccc(C(=O)N(C)C)cc4)cs3)C(c3ccccc31)c1ccccc12. The van der Waals surface area contributed by atoms with Crippen LogP contribution in [0.3, 0.4) is 0 Å². The smallest absolute Gasteiger partial charge is 0.284 e. The van der Waals surface area contributed by atoms with Gasteiger partial charge in [-0.25, -0.2) is 11.6 Å². The molecule has 2 amide bonds. The summed E-state index contributed by atoms with van der Waals surface area (Å²) in [6, 6.07) is 23.7. The first-order valence-corrected chi connectivity index (χ1v) is 13.8. The average Bonchev–Trinajstić information content (AvgIpc) is 3.39. The van der Waals surface area contributed by atoms with E-state index in [1.807, 2.05) is 73.0 Å². The Hall–Kier alpha value is -4.28. The highest BCUT2D eigenvalue weighted by Crippen LogP contribution is 2.64. The van der Waals surface area contributed by atoms with Crippen molar-refractivity contribution in [2.75, 3.05) is 19.4 Å². The fourth-order valence-electron chi connectivity index (χ4n) is 6.36. The highest BCUT2D eigenvalue weighted by molar-refractivity contribution is 7.13. The van der Waals surface area contributed by atoms with Gasteiger partial charge in [0.2, 0.25) is 5.91 Å². The van der Waals surface area contributed by atoms with Crippen LogP contribution in [0.1, 0.15) is 63.1 Å². The van der Waals surface area contributed by atoms with Crippen LogP contribution < -0.4 is 5.32 Å². The number of carbonyl (C=O) groups excluding carboxylic acids is 2. The Balaban J connectivity index is 1.26. The Bertz CT molecular complexity index is 1600. The minimum Gasteiger partial charge on any atom is -0.345 e. The van der Waals surface area contributed by atoms with Crippen LogP contribution >= 0.6 is 11.3 Å². The van der Waals surface area contributed by atoms with Crippen molar-refractivity contribution in [3.8, 4) is 0 Å². The third-order valence-corrected chi connectivity index (χ3v) is 8.98. The standard InChI is InChI=1S/C32H28N4O2S/c1-31(19-32(33-2)25-11-7-5-9-23(25)27(31)24-10-6-8-12-26(24)32)29(38)35-30-34-22(18-39-30)17-20-13-15-21(16-14-20)28(37)36(3)4/h5-16,18,27H,17,19H2,1,3-4H3,(H,34,35,38). The Morgan fingerprint density at radius 3 is 2.23 bits per heavy atom. The molecule has 7 heteroatoms. The van der Waals surface area contributed by atoms with Crippen molar-refractivity contribution in [3.63, 3.8) is 0 Å². The highest BCUT2D eigenvalue weighted by Gasteiger charge is 2.64. The molecule has 2 bridgehead atoms. The maximum Gasteiger partial charge on any atom is 0.284 e. The molecule has 3 aliphatic rings. The van der Waals surface area contributed by atoms with E-state index >= 15 is 0 Å². The van der Waals surface area contributed by atoms with Gasteiger partial charge in [-0.1, -0.05) is 60.7 Å². The summed E-state index contributed by atoms with van der Waals surface area (Å²) in [6.45, 7) is 10.3. The number of hydrogen-bond donors (Lipinski definition) is 1. The van der Waals surface area contributed by atoms with Crippen molar-refractivity contribution in [3.05, 3.63) is 129 Å². The molecule has 0 aliphatic heterocycles. The molecule has 4 aromatic rings. The summed E-state index contributed by atoms with van der Waals surface area (Å²) in [5.41, 5.74) is 5.00. The van der Waals surface area contributed by atoms with Gasteiger partial charge in [-0.15, -0.1) is 11.3 Å². The van der Waals surface area contributed by atoms with E-state index in [1.54, 1.807) is 19.0 Å². The zero-order valence-electron chi connectivity index (χ0n) is 22.1. The number of anilines is 1. The van der Waals surface area contributed by atoms with Crippen LogP contribution in [0.15, 0.2) is 78.2 Å². The van der Waals surface area contributed by atoms with Gasteiger partial charge in [-0.3, -0.25) is 14.4 Å². The van der Waals surface area contributed by atoms with Crippen LogP contribution in [-0.2, 0) is 16.8 Å². The quantitative estimate of drug-likeness (QED) is 0.316. The van der Waals surface area contributed by atoms with E-state index in [9.17, 15) is 9.59 Å². The number of aromatic nitrogens is 1. The van der Waals surface area contributed by atoms with Crippen molar-refractivity contribution in [1.29, 1.82) is 0 Å². The molecule has 3 aromatic carbocycles. The first-order chi connectivity index (χ1) is 18.8. The molecule has 7 rings (SSSR count). The number of nitrogens with zero attached hydrogens (tertiary/aromatic N) is 3. The topological polar surface area (TPSA) is 66.7 Å². The van der Waals surface area contributed by atoms with Gasteiger partial charge in [0, 0.05) is 54.9 Å². The van der Waals surface area contributed by atoms with E-state index in [2.05, 4.69) is 22.3 Å². The molecule has 3 aliphatic carbocycles. The lowest BCUT2D eigenvalue weighted by atomic mass is 9.49. The zero-order chi connectivity index (χ0) is 27.4. The molecule has 0 saturated heterocycles. The predicted molar refractivity (Wildman–Crippen MR) is 153 cm³/mol. The van der Waals surface area contributed by atoms with Crippen molar-refractivity contribution in [2.45, 2.75) is 31.2 Å². The number of nitrogens with one attached hydrogen (secondary N) is 1. The molecule has 0 fully saturated rings. The Morgan fingerprint density at radius 2 is 1.64 bits per heavy atom. The second-order valence-electron chi connectivity index (χ2n) is 10.8. The number of benzene rings is 3. The predicted octanol–water partition coefficient (Wildman–Crippen LogP) is 6.09. The van der Waals surface area contributed by atoms with Gasteiger partial charge in [0.05, 0.1) is 11.1 Å². The summed E-state index contributed by atoms with van der Waals surface area (Å²) in [5.74, 6) is -0.288. The average molecular weight is 533 g/mol. The lowest BCUT2D eigenvalue weighted by Gasteiger charge is -2.51. The summed E-state index contributed by atoms with van der Waals surface area (Å²) >= 11 is 1.40. The molecule has 6 nitrogen and oxygen atoms in total. The van der Waals surface area contributed by atoms with E-state index < -0.39 is 11.0 Å². The van der Waals surface area contributed by atoms with Gasteiger partial charge >= 0.3 is 0 Å². The minimum atomic E-state index is -0.887. The summed E-state index contributed by atoms with van der Waals surface area (Å²) in [6.07, 6.45) is 1.02. The number of fused-ring (bicyclic) bond motifs is 1. The lowest BCUT2D eigenvalue weighted by Crippen LogP contribution is -2.53. The molecular weight excluding hydrogens is 504 g/mol. The van der Waals surface area contributed by atoms with Crippen molar-refractivity contribution in [1.82, 2.24) is 9.88 Å². The van der Waals surface area contributed by atoms with E-state index in [1.165, 1.54) is 11.3 Å². The summed E-state index contributed by atoms with van der Waals surface area (Å²) in [7, 11) is 3.47. The highest BCUT2D eigenvalue weighted by atomic mass is 32.1. The molecule has 1 unspecified atom stereocenters. The Kier molecular flexibility index (Phi) is 5.89. The second-order valence-corrected chi connectivity index (χ2v) is 11.7. The fraction of sp³-hybridized carbons (Fsp3) is 0.250. The molecule has 1 heterocycles. The van der Waals surface area contributed by atoms with Crippen LogP contribution in [0.4, 0.5) is 5.13 Å². The molecule has 1 N–H and O–H groups in total. The van der Waals surface area contributed by atoms with E-state index in [4.69, 9.17) is 11.6 Å². The van der Waals surface area contributed by atoms with Crippen LogP contribution in [0.25, 0.3) is 4.85 Å². The molecule has 0 spiro atoms. The number of carbonyl (C=O) groups is 2. The maximum absolute atomic E-state index is 14.0. The van der Waals surface area contributed by atoms with Gasteiger partial charge in [-0.05, 0) is 35.7 Å². The van der Waals surface area contributed by atoms with E-state index in [-0.39, 0.29) is 17.7 Å². The normalized spacial score (nSPS) is 22.4. The number of rotatable bonds is 5. The molecular formula is C32H28N4O2S. The first kappa shape index (κ1) is 25.0.